The predicted molar refractivity (Wildman–Crippen MR) is 54.4 cm³/mol. The molecule has 1 aliphatic heterocycles. The molecule has 1 aliphatic rings. The average molecular weight is 169 g/mol. The zero-order chi connectivity index (χ0) is 8.97. The molecule has 0 aromatic heterocycles. The fourth-order valence-electron chi connectivity index (χ4n) is 2.23. The van der Waals surface area contributed by atoms with Crippen molar-refractivity contribution in [3.63, 3.8) is 0 Å². The molecule has 12 heavy (non-hydrogen) atoms. The van der Waals surface area contributed by atoms with Gasteiger partial charge in [0.2, 0.25) is 0 Å². The summed E-state index contributed by atoms with van der Waals surface area (Å²) in [5.41, 5.74) is 0. The molecule has 1 heteroatoms. The van der Waals surface area contributed by atoms with E-state index in [4.69, 9.17) is 0 Å². The minimum absolute atomic E-state index is 0.844. The highest BCUT2D eigenvalue weighted by Gasteiger charge is 2.25. The van der Waals surface area contributed by atoms with E-state index in [1.54, 1.807) is 0 Å². The van der Waals surface area contributed by atoms with Crippen LogP contribution in [0.25, 0.3) is 0 Å². The van der Waals surface area contributed by atoms with Crippen molar-refractivity contribution in [2.24, 2.45) is 0 Å². The minimum atomic E-state index is 0.844. The van der Waals surface area contributed by atoms with Crippen molar-refractivity contribution in [1.29, 1.82) is 0 Å². The van der Waals surface area contributed by atoms with Gasteiger partial charge in [-0.05, 0) is 39.7 Å². The Morgan fingerprint density at radius 2 is 1.67 bits per heavy atom. The van der Waals surface area contributed by atoms with Crippen LogP contribution in [0.5, 0.6) is 0 Å². The number of nitrogens with zero attached hydrogens (tertiary/aromatic N) is 1. The predicted octanol–water partition coefficient (Wildman–Crippen LogP) is 3.05. The molecule has 1 fully saturated rings. The van der Waals surface area contributed by atoms with Crippen LogP contribution >= 0.6 is 0 Å². The quantitative estimate of drug-likeness (QED) is 0.585. The van der Waals surface area contributed by atoms with Crippen molar-refractivity contribution >= 4 is 0 Å². The largest absolute Gasteiger partial charge is 0.298 e. The van der Waals surface area contributed by atoms with Crippen LogP contribution in [0.3, 0.4) is 0 Å². The Bertz CT molecular complexity index is 112. The van der Waals surface area contributed by atoms with Gasteiger partial charge >= 0.3 is 0 Å². The molecule has 0 aliphatic carbocycles. The fourth-order valence-corrected chi connectivity index (χ4v) is 2.23. The fraction of sp³-hybridized carbons (Fsp3) is 1.00. The Hall–Kier alpha value is -0.0400. The Kier molecular flexibility index (Phi) is 4.07. The van der Waals surface area contributed by atoms with Gasteiger partial charge in [-0.2, -0.15) is 0 Å². The van der Waals surface area contributed by atoms with E-state index < -0.39 is 0 Å². The number of unbranched alkanes of at least 4 members (excludes halogenated alkanes) is 2. The Morgan fingerprint density at radius 3 is 2.17 bits per heavy atom. The number of likely N-dealkylation sites (tertiary alicyclic amines) is 1. The first-order valence-electron chi connectivity index (χ1n) is 5.51. The van der Waals surface area contributed by atoms with Gasteiger partial charge in [-0.25, -0.2) is 0 Å². The van der Waals surface area contributed by atoms with Crippen LogP contribution in [0.15, 0.2) is 0 Å². The van der Waals surface area contributed by atoms with Gasteiger partial charge < -0.3 is 0 Å². The topological polar surface area (TPSA) is 3.24 Å². The lowest BCUT2D eigenvalue weighted by Crippen LogP contribution is -2.33. The molecule has 72 valence electrons. The lowest BCUT2D eigenvalue weighted by molar-refractivity contribution is 0.210. The molecule has 0 radical (unpaired) electrons. The van der Waals surface area contributed by atoms with Crippen molar-refractivity contribution in [3.8, 4) is 0 Å². The molecule has 2 unspecified atom stereocenters. The third-order valence-corrected chi connectivity index (χ3v) is 3.15. The number of hydrogen-bond acceptors (Lipinski definition) is 1. The van der Waals surface area contributed by atoms with Crippen LogP contribution in [0.2, 0.25) is 0 Å². The second-order valence-electron chi connectivity index (χ2n) is 4.22. The summed E-state index contributed by atoms with van der Waals surface area (Å²) < 4.78 is 0. The van der Waals surface area contributed by atoms with Gasteiger partial charge in [0, 0.05) is 12.1 Å². The van der Waals surface area contributed by atoms with E-state index >= 15 is 0 Å². The molecule has 0 saturated carbocycles. The summed E-state index contributed by atoms with van der Waals surface area (Å²) in [7, 11) is 0. The van der Waals surface area contributed by atoms with Crippen molar-refractivity contribution in [3.05, 3.63) is 0 Å². The van der Waals surface area contributed by atoms with E-state index in [1.807, 2.05) is 0 Å². The SMILES string of the molecule is CCCCCN1C(C)CCC1C. The standard InChI is InChI=1S/C11H23N/c1-4-5-6-9-12-10(2)7-8-11(12)3/h10-11H,4-9H2,1-3H3. The highest BCUT2D eigenvalue weighted by Crippen LogP contribution is 2.23. The normalized spacial score (nSPS) is 31.2. The summed E-state index contributed by atoms with van der Waals surface area (Å²) in [6.07, 6.45) is 6.96. The third kappa shape index (κ3) is 2.48. The van der Waals surface area contributed by atoms with Gasteiger partial charge in [-0.15, -0.1) is 0 Å². The van der Waals surface area contributed by atoms with E-state index in [9.17, 15) is 0 Å². The van der Waals surface area contributed by atoms with Crippen molar-refractivity contribution in [2.45, 2.75) is 65.0 Å². The van der Waals surface area contributed by atoms with E-state index in [1.165, 1.54) is 38.6 Å². The van der Waals surface area contributed by atoms with Gasteiger partial charge in [0.15, 0.2) is 0 Å². The second kappa shape index (κ2) is 4.86. The first-order chi connectivity index (χ1) is 5.75. The van der Waals surface area contributed by atoms with Crippen LogP contribution < -0.4 is 0 Å². The molecule has 1 saturated heterocycles. The van der Waals surface area contributed by atoms with Gasteiger partial charge in [0.1, 0.15) is 0 Å². The first kappa shape index (κ1) is 10.0. The Balaban J connectivity index is 2.20. The molecule has 0 amide bonds. The van der Waals surface area contributed by atoms with Gasteiger partial charge in [-0.1, -0.05) is 19.8 Å². The zero-order valence-electron chi connectivity index (χ0n) is 8.84. The van der Waals surface area contributed by atoms with Crippen LogP contribution in [-0.4, -0.2) is 23.5 Å². The number of hydrogen-bond donors (Lipinski definition) is 0. The van der Waals surface area contributed by atoms with Crippen LogP contribution in [0.1, 0.15) is 52.9 Å². The molecule has 0 aromatic rings. The molecule has 0 aromatic carbocycles. The van der Waals surface area contributed by atoms with Gasteiger partial charge in [-0.3, -0.25) is 4.90 Å². The maximum Gasteiger partial charge on any atom is 0.00703 e. The van der Waals surface area contributed by atoms with Gasteiger partial charge in [0.05, 0.1) is 0 Å². The van der Waals surface area contributed by atoms with Crippen LogP contribution in [-0.2, 0) is 0 Å². The van der Waals surface area contributed by atoms with E-state index in [0.717, 1.165) is 12.1 Å². The lowest BCUT2D eigenvalue weighted by atomic mass is 10.2. The van der Waals surface area contributed by atoms with E-state index in [-0.39, 0.29) is 0 Å². The van der Waals surface area contributed by atoms with Crippen LogP contribution in [0.4, 0.5) is 0 Å². The first-order valence-corrected chi connectivity index (χ1v) is 5.51. The summed E-state index contributed by atoms with van der Waals surface area (Å²) in [6, 6.07) is 1.69. The second-order valence-corrected chi connectivity index (χ2v) is 4.22. The Labute approximate surface area is 77.1 Å². The smallest absolute Gasteiger partial charge is 0.00703 e. The van der Waals surface area contributed by atoms with Crippen molar-refractivity contribution < 1.29 is 0 Å². The molecule has 1 rings (SSSR count). The molecule has 0 N–H and O–H groups in total. The summed E-state index contributed by atoms with van der Waals surface area (Å²) in [5, 5.41) is 0. The monoisotopic (exact) mass is 169 g/mol. The zero-order valence-corrected chi connectivity index (χ0v) is 8.84. The van der Waals surface area contributed by atoms with Crippen LogP contribution in [0, 0.1) is 0 Å². The van der Waals surface area contributed by atoms with Gasteiger partial charge in [0.25, 0.3) is 0 Å². The highest BCUT2D eigenvalue weighted by atomic mass is 15.2. The minimum Gasteiger partial charge on any atom is -0.298 e. The summed E-state index contributed by atoms with van der Waals surface area (Å²) in [4.78, 5) is 2.68. The highest BCUT2D eigenvalue weighted by molar-refractivity contribution is 4.81. The maximum absolute atomic E-state index is 2.68. The van der Waals surface area contributed by atoms with E-state index in [0.29, 0.717) is 0 Å². The summed E-state index contributed by atoms with van der Waals surface area (Å²) >= 11 is 0. The molecule has 2 atom stereocenters. The third-order valence-electron chi connectivity index (χ3n) is 3.15. The summed E-state index contributed by atoms with van der Waals surface area (Å²) in [5.74, 6) is 0. The molecule has 0 bridgehead atoms. The molecule has 1 heterocycles. The average Bonchev–Trinajstić information content (AvgIpc) is 2.35. The maximum atomic E-state index is 2.68. The molecular weight excluding hydrogens is 146 g/mol. The van der Waals surface area contributed by atoms with Crippen molar-refractivity contribution in [2.75, 3.05) is 6.54 Å². The van der Waals surface area contributed by atoms with Crippen molar-refractivity contribution in [1.82, 2.24) is 4.90 Å². The lowest BCUT2D eigenvalue weighted by Gasteiger charge is -2.25. The molecule has 0 spiro atoms. The number of rotatable bonds is 4. The molecule has 1 nitrogen and oxygen atoms in total. The van der Waals surface area contributed by atoms with E-state index in [2.05, 4.69) is 25.7 Å². The Morgan fingerprint density at radius 1 is 1.08 bits per heavy atom. The summed E-state index contributed by atoms with van der Waals surface area (Å²) in [6.45, 7) is 8.35. The molecular formula is C11H23N.